The van der Waals surface area contributed by atoms with Crippen LogP contribution in [-0.4, -0.2) is 42.2 Å². The number of carbonyl (C=O) groups excluding carboxylic acids is 2. The highest BCUT2D eigenvalue weighted by molar-refractivity contribution is 14.1. The van der Waals surface area contributed by atoms with Crippen LogP contribution < -0.4 is 5.32 Å². The zero-order valence-electron chi connectivity index (χ0n) is 9.91. The fourth-order valence-electron chi connectivity index (χ4n) is 1.67. The number of nitrogens with one attached hydrogen (secondary N) is 1. The average molecular weight is 355 g/mol. The van der Waals surface area contributed by atoms with Crippen molar-refractivity contribution in [2.45, 2.75) is 35.7 Å². The largest absolute Gasteiger partial charge is 0.468 e. The normalized spacial score (nSPS) is 20.9. The van der Waals surface area contributed by atoms with Gasteiger partial charge in [0.2, 0.25) is 5.91 Å². The van der Waals surface area contributed by atoms with E-state index >= 15 is 0 Å². The number of rotatable bonds is 6. The van der Waals surface area contributed by atoms with E-state index in [1.54, 1.807) is 0 Å². The third-order valence-corrected chi connectivity index (χ3v) is 3.60. The molecule has 0 radical (unpaired) electrons. The predicted octanol–water partition coefficient (Wildman–Crippen LogP) is 1.04. The van der Waals surface area contributed by atoms with Crippen LogP contribution in [0.25, 0.3) is 0 Å². The van der Waals surface area contributed by atoms with E-state index in [0.29, 0.717) is 13.0 Å². The van der Waals surface area contributed by atoms with Gasteiger partial charge < -0.3 is 14.8 Å². The summed E-state index contributed by atoms with van der Waals surface area (Å²) in [6.07, 6.45) is 3.58. The Bertz CT molecular complexity index is 266. The number of ether oxygens (including phenoxy) is 2. The lowest BCUT2D eigenvalue weighted by Crippen LogP contribution is -2.34. The average Bonchev–Trinajstić information content (AvgIpc) is 2.85. The van der Waals surface area contributed by atoms with Gasteiger partial charge in [-0.3, -0.25) is 9.59 Å². The highest BCUT2D eigenvalue weighted by Crippen LogP contribution is 2.16. The first-order valence-corrected chi connectivity index (χ1v) is 6.98. The molecule has 1 rings (SSSR count). The van der Waals surface area contributed by atoms with E-state index in [-0.39, 0.29) is 21.9 Å². The highest BCUT2D eigenvalue weighted by Gasteiger charge is 2.18. The number of hydrogen-bond donors (Lipinski definition) is 1. The number of alkyl halides is 1. The van der Waals surface area contributed by atoms with Crippen LogP contribution in [-0.2, 0) is 19.1 Å². The maximum atomic E-state index is 11.5. The standard InChI is InChI=1S/C11H18INO4/c1-16-11(15)9(12)7-13-10(14)5-4-8-3-2-6-17-8/h8-9H,2-7H2,1H3,(H,13,14). The Hall–Kier alpha value is -0.370. The molecule has 0 aromatic rings. The number of esters is 1. The molecule has 2 unspecified atom stereocenters. The van der Waals surface area contributed by atoms with E-state index in [4.69, 9.17) is 4.74 Å². The van der Waals surface area contributed by atoms with Crippen molar-refractivity contribution < 1.29 is 19.1 Å². The molecule has 2 atom stereocenters. The maximum absolute atomic E-state index is 11.5. The Kier molecular flexibility index (Phi) is 6.79. The molecular formula is C11H18INO4. The second kappa shape index (κ2) is 7.86. The summed E-state index contributed by atoms with van der Waals surface area (Å²) in [7, 11) is 1.34. The molecule has 1 aliphatic heterocycles. The quantitative estimate of drug-likeness (QED) is 0.439. The molecular weight excluding hydrogens is 337 g/mol. The van der Waals surface area contributed by atoms with E-state index in [1.165, 1.54) is 7.11 Å². The van der Waals surface area contributed by atoms with Gasteiger partial charge in [-0.25, -0.2) is 0 Å². The molecule has 1 aliphatic rings. The van der Waals surface area contributed by atoms with Crippen LogP contribution in [0.1, 0.15) is 25.7 Å². The van der Waals surface area contributed by atoms with Gasteiger partial charge in [-0.05, 0) is 19.3 Å². The summed E-state index contributed by atoms with van der Waals surface area (Å²) in [5.41, 5.74) is 0. The maximum Gasteiger partial charge on any atom is 0.320 e. The van der Waals surface area contributed by atoms with Crippen LogP contribution in [0.5, 0.6) is 0 Å². The minimum atomic E-state index is -0.329. The SMILES string of the molecule is COC(=O)C(I)CNC(=O)CCC1CCCO1. The topological polar surface area (TPSA) is 64.6 Å². The molecule has 1 heterocycles. The Morgan fingerprint density at radius 2 is 2.35 bits per heavy atom. The van der Waals surface area contributed by atoms with Gasteiger partial charge in [0.1, 0.15) is 3.92 Å². The second-order valence-electron chi connectivity index (χ2n) is 3.97. The summed E-state index contributed by atoms with van der Waals surface area (Å²) in [6.45, 7) is 1.13. The fraction of sp³-hybridized carbons (Fsp3) is 0.818. The van der Waals surface area contributed by atoms with E-state index < -0.39 is 0 Å². The van der Waals surface area contributed by atoms with Crippen molar-refractivity contribution in [3.63, 3.8) is 0 Å². The molecule has 1 saturated heterocycles. The Morgan fingerprint density at radius 3 is 2.94 bits per heavy atom. The van der Waals surface area contributed by atoms with Crippen LogP contribution in [0.4, 0.5) is 0 Å². The molecule has 0 aliphatic carbocycles. The monoisotopic (exact) mass is 355 g/mol. The zero-order valence-corrected chi connectivity index (χ0v) is 12.1. The zero-order chi connectivity index (χ0) is 12.7. The molecule has 1 fully saturated rings. The number of amides is 1. The van der Waals surface area contributed by atoms with Gasteiger partial charge >= 0.3 is 5.97 Å². The molecule has 1 N–H and O–H groups in total. The van der Waals surface area contributed by atoms with Crippen LogP contribution >= 0.6 is 22.6 Å². The van der Waals surface area contributed by atoms with Crippen molar-refractivity contribution in [1.29, 1.82) is 0 Å². The van der Waals surface area contributed by atoms with Crippen molar-refractivity contribution in [2.75, 3.05) is 20.3 Å². The number of halogens is 1. The van der Waals surface area contributed by atoms with Crippen LogP contribution in [0.15, 0.2) is 0 Å². The number of methoxy groups -OCH3 is 1. The summed E-state index contributed by atoms with van der Waals surface area (Å²) in [6, 6.07) is 0. The van der Waals surface area contributed by atoms with E-state index in [2.05, 4.69) is 10.1 Å². The Balaban J connectivity index is 2.10. The molecule has 0 aromatic heterocycles. The van der Waals surface area contributed by atoms with Crippen LogP contribution in [0.3, 0.4) is 0 Å². The molecule has 6 heteroatoms. The first-order chi connectivity index (χ1) is 8.13. The van der Waals surface area contributed by atoms with Gasteiger partial charge in [0.15, 0.2) is 0 Å². The lowest BCUT2D eigenvalue weighted by molar-refractivity contribution is -0.139. The molecule has 0 saturated carbocycles. The summed E-state index contributed by atoms with van der Waals surface area (Å²) in [4.78, 5) is 22.6. The fourth-order valence-corrected chi connectivity index (χ4v) is 2.14. The first kappa shape index (κ1) is 14.7. The van der Waals surface area contributed by atoms with Gasteiger partial charge in [0.25, 0.3) is 0 Å². The number of carbonyl (C=O) groups is 2. The van der Waals surface area contributed by atoms with Gasteiger partial charge in [-0.15, -0.1) is 0 Å². The molecule has 98 valence electrons. The lowest BCUT2D eigenvalue weighted by atomic mass is 10.1. The Morgan fingerprint density at radius 1 is 1.59 bits per heavy atom. The van der Waals surface area contributed by atoms with Crippen molar-refractivity contribution in [2.24, 2.45) is 0 Å². The van der Waals surface area contributed by atoms with E-state index in [0.717, 1.165) is 25.9 Å². The van der Waals surface area contributed by atoms with Crippen molar-refractivity contribution in [3.05, 3.63) is 0 Å². The van der Waals surface area contributed by atoms with Gasteiger partial charge in [0.05, 0.1) is 13.2 Å². The van der Waals surface area contributed by atoms with E-state index in [9.17, 15) is 9.59 Å². The minimum absolute atomic E-state index is 0.0360. The van der Waals surface area contributed by atoms with Crippen molar-refractivity contribution in [3.8, 4) is 0 Å². The van der Waals surface area contributed by atoms with Gasteiger partial charge in [-0.2, -0.15) is 0 Å². The smallest absolute Gasteiger partial charge is 0.320 e. The second-order valence-corrected chi connectivity index (χ2v) is 5.47. The molecule has 5 nitrogen and oxygen atoms in total. The molecule has 17 heavy (non-hydrogen) atoms. The molecule has 1 amide bonds. The summed E-state index contributed by atoms with van der Waals surface area (Å²) < 4.78 is 9.67. The third kappa shape index (κ3) is 5.67. The minimum Gasteiger partial charge on any atom is -0.468 e. The molecule has 0 aromatic carbocycles. The van der Waals surface area contributed by atoms with Crippen LogP contribution in [0, 0.1) is 0 Å². The van der Waals surface area contributed by atoms with Gasteiger partial charge in [0, 0.05) is 19.6 Å². The summed E-state index contributed by atoms with van der Waals surface area (Å²) in [5, 5.41) is 2.72. The third-order valence-electron chi connectivity index (χ3n) is 2.65. The van der Waals surface area contributed by atoms with Crippen molar-refractivity contribution >= 4 is 34.5 Å². The molecule has 0 bridgehead atoms. The highest BCUT2D eigenvalue weighted by atomic mass is 127. The summed E-state index contributed by atoms with van der Waals surface area (Å²) >= 11 is 1.95. The predicted molar refractivity (Wildman–Crippen MR) is 71.0 cm³/mol. The van der Waals surface area contributed by atoms with Crippen molar-refractivity contribution in [1.82, 2.24) is 5.32 Å². The first-order valence-electron chi connectivity index (χ1n) is 5.73. The van der Waals surface area contributed by atoms with Gasteiger partial charge in [-0.1, -0.05) is 22.6 Å². The van der Waals surface area contributed by atoms with Crippen LogP contribution in [0.2, 0.25) is 0 Å². The summed E-state index contributed by atoms with van der Waals surface area (Å²) in [5.74, 6) is -0.351. The number of hydrogen-bond acceptors (Lipinski definition) is 4. The lowest BCUT2D eigenvalue weighted by Gasteiger charge is -2.11. The molecule has 0 spiro atoms. The Labute approximate surface area is 115 Å². The van der Waals surface area contributed by atoms with E-state index in [1.807, 2.05) is 22.6 Å².